The Balaban J connectivity index is 0.00000280. The number of nitrogens with zero attached hydrogens (tertiary/aromatic N) is 2. The van der Waals surface area contributed by atoms with Crippen LogP contribution in [-0.2, 0) is 4.79 Å². The molecule has 3 rings (SSSR count). The molecule has 1 aromatic carbocycles. The Bertz CT molecular complexity index is 679. The molecule has 2 N–H and O–H groups in total. The van der Waals surface area contributed by atoms with Crippen LogP contribution in [0.25, 0.3) is 0 Å². The summed E-state index contributed by atoms with van der Waals surface area (Å²) in [5.74, 6) is -0.427. The zero-order chi connectivity index (χ0) is 19.3. The molecule has 1 saturated heterocycles. The Morgan fingerprint density at radius 1 is 1.00 bits per heavy atom. The summed E-state index contributed by atoms with van der Waals surface area (Å²) in [5.41, 5.74) is 6.35. The number of carbonyl (C=O) groups excluding carboxylic acids is 2. The molecule has 1 aliphatic carbocycles. The van der Waals surface area contributed by atoms with Crippen molar-refractivity contribution in [1.82, 2.24) is 9.80 Å². The van der Waals surface area contributed by atoms with Gasteiger partial charge in [0.25, 0.3) is 5.91 Å². The minimum Gasteiger partial charge on any atom is -0.341 e. The molecule has 0 aromatic heterocycles. The van der Waals surface area contributed by atoms with Gasteiger partial charge in [0.05, 0.1) is 0 Å². The molecule has 0 radical (unpaired) electrons. The minimum absolute atomic E-state index is 0. The summed E-state index contributed by atoms with van der Waals surface area (Å²) in [6.45, 7) is 2.82. The van der Waals surface area contributed by atoms with E-state index in [0.717, 1.165) is 32.1 Å². The number of hydrogen-bond acceptors (Lipinski definition) is 3. The van der Waals surface area contributed by atoms with Crippen molar-refractivity contribution < 1.29 is 14.0 Å². The van der Waals surface area contributed by atoms with E-state index in [9.17, 15) is 14.0 Å². The molecule has 1 heterocycles. The van der Waals surface area contributed by atoms with Gasteiger partial charge in [0, 0.05) is 38.2 Å². The Morgan fingerprint density at radius 2 is 1.68 bits per heavy atom. The number of carbonyl (C=O) groups is 2. The number of halogens is 2. The molecule has 2 fully saturated rings. The fourth-order valence-electron chi connectivity index (χ4n) is 4.36. The monoisotopic (exact) mass is 411 g/mol. The first-order chi connectivity index (χ1) is 13.0. The average Bonchev–Trinajstić information content (AvgIpc) is 2.94. The van der Waals surface area contributed by atoms with Crippen molar-refractivity contribution in [3.63, 3.8) is 0 Å². The molecule has 28 heavy (non-hydrogen) atoms. The topological polar surface area (TPSA) is 66.6 Å². The van der Waals surface area contributed by atoms with Crippen LogP contribution in [0.3, 0.4) is 0 Å². The lowest BCUT2D eigenvalue weighted by atomic mass is 9.71. The molecule has 5 nitrogen and oxygen atoms in total. The summed E-state index contributed by atoms with van der Waals surface area (Å²) in [5, 5.41) is 0. The molecular formula is C21H31ClFN3O2. The van der Waals surface area contributed by atoms with E-state index in [1.54, 1.807) is 17.0 Å². The molecular weight excluding hydrogens is 381 g/mol. The van der Waals surface area contributed by atoms with E-state index in [1.807, 2.05) is 4.90 Å². The van der Waals surface area contributed by atoms with Crippen LogP contribution in [0, 0.1) is 11.2 Å². The van der Waals surface area contributed by atoms with Gasteiger partial charge in [-0.15, -0.1) is 12.4 Å². The van der Waals surface area contributed by atoms with Crippen molar-refractivity contribution in [2.75, 3.05) is 32.7 Å². The second-order valence-corrected chi connectivity index (χ2v) is 7.98. The molecule has 0 spiro atoms. The quantitative estimate of drug-likeness (QED) is 0.827. The van der Waals surface area contributed by atoms with Crippen LogP contribution >= 0.6 is 12.4 Å². The van der Waals surface area contributed by atoms with Gasteiger partial charge in [-0.05, 0) is 49.4 Å². The van der Waals surface area contributed by atoms with Crippen molar-refractivity contribution in [1.29, 1.82) is 0 Å². The Kier molecular flexibility index (Phi) is 8.25. The highest BCUT2D eigenvalue weighted by Gasteiger charge is 2.35. The van der Waals surface area contributed by atoms with Crippen molar-refractivity contribution in [3.8, 4) is 0 Å². The van der Waals surface area contributed by atoms with Crippen molar-refractivity contribution in [2.45, 2.75) is 44.9 Å². The smallest absolute Gasteiger partial charge is 0.254 e. The first-order valence-corrected chi connectivity index (χ1v) is 10.1. The number of nitrogens with two attached hydrogens (primary N) is 1. The van der Waals surface area contributed by atoms with Crippen LogP contribution in [0.15, 0.2) is 24.3 Å². The molecule has 156 valence electrons. The predicted octanol–water partition coefficient (Wildman–Crippen LogP) is 3.22. The molecule has 7 heteroatoms. The van der Waals surface area contributed by atoms with Crippen LogP contribution in [0.2, 0.25) is 0 Å². The van der Waals surface area contributed by atoms with E-state index in [0.29, 0.717) is 44.7 Å². The maximum absolute atomic E-state index is 13.4. The van der Waals surface area contributed by atoms with Gasteiger partial charge in [0.2, 0.25) is 5.91 Å². The summed E-state index contributed by atoms with van der Waals surface area (Å²) >= 11 is 0. The van der Waals surface area contributed by atoms with Crippen LogP contribution in [-0.4, -0.2) is 54.3 Å². The van der Waals surface area contributed by atoms with E-state index in [1.165, 1.54) is 18.6 Å². The van der Waals surface area contributed by atoms with Crippen LogP contribution in [0.1, 0.15) is 55.3 Å². The van der Waals surface area contributed by atoms with Crippen molar-refractivity contribution in [3.05, 3.63) is 35.6 Å². The normalized spacial score (nSPS) is 19.5. The van der Waals surface area contributed by atoms with Gasteiger partial charge in [-0.1, -0.05) is 25.3 Å². The van der Waals surface area contributed by atoms with Crippen LogP contribution < -0.4 is 5.73 Å². The lowest BCUT2D eigenvalue weighted by Crippen LogP contribution is -2.42. The summed E-state index contributed by atoms with van der Waals surface area (Å²) < 4.78 is 13.4. The average molecular weight is 412 g/mol. The third-order valence-corrected chi connectivity index (χ3v) is 6.08. The van der Waals surface area contributed by atoms with Gasteiger partial charge in [0.15, 0.2) is 0 Å². The Labute approximate surface area is 172 Å². The van der Waals surface area contributed by atoms with Crippen LogP contribution in [0.4, 0.5) is 4.39 Å². The summed E-state index contributed by atoms with van der Waals surface area (Å²) in [4.78, 5) is 29.1. The summed E-state index contributed by atoms with van der Waals surface area (Å²) in [7, 11) is 0. The van der Waals surface area contributed by atoms with E-state index < -0.39 is 5.82 Å². The molecule has 0 atom stereocenters. The summed E-state index contributed by atoms with van der Waals surface area (Å²) in [6, 6.07) is 5.78. The predicted molar refractivity (Wildman–Crippen MR) is 110 cm³/mol. The number of hydrogen-bond donors (Lipinski definition) is 1. The van der Waals surface area contributed by atoms with Crippen molar-refractivity contribution in [2.24, 2.45) is 11.1 Å². The SMILES string of the molecule is Cl.NCC1(CC(=O)N2CCCN(C(=O)c3cccc(F)c3)CC2)CCCCC1. The molecule has 1 saturated carbocycles. The lowest BCUT2D eigenvalue weighted by molar-refractivity contribution is -0.134. The highest BCUT2D eigenvalue weighted by molar-refractivity contribution is 5.94. The zero-order valence-electron chi connectivity index (χ0n) is 16.4. The largest absolute Gasteiger partial charge is 0.341 e. The molecule has 1 aliphatic heterocycles. The van der Waals surface area contributed by atoms with Crippen molar-refractivity contribution >= 4 is 24.2 Å². The first-order valence-electron chi connectivity index (χ1n) is 10.1. The second kappa shape index (κ2) is 10.2. The van der Waals surface area contributed by atoms with Crippen LogP contribution in [0.5, 0.6) is 0 Å². The van der Waals surface area contributed by atoms with Gasteiger partial charge in [0.1, 0.15) is 5.82 Å². The van der Waals surface area contributed by atoms with E-state index in [4.69, 9.17) is 5.73 Å². The van der Waals surface area contributed by atoms with Gasteiger partial charge in [-0.2, -0.15) is 0 Å². The highest BCUT2D eigenvalue weighted by atomic mass is 35.5. The van der Waals surface area contributed by atoms with Gasteiger partial charge >= 0.3 is 0 Å². The Morgan fingerprint density at radius 3 is 2.36 bits per heavy atom. The highest BCUT2D eigenvalue weighted by Crippen LogP contribution is 2.38. The number of amides is 2. The van der Waals surface area contributed by atoms with E-state index in [-0.39, 0.29) is 29.6 Å². The maximum Gasteiger partial charge on any atom is 0.254 e. The molecule has 0 bridgehead atoms. The fraction of sp³-hybridized carbons (Fsp3) is 0.619. The molecule has 2 amide bonds. The number of rotatable bonds is 4. The fourth-order valence-corrected chi connectivity index (χ4v) is 4.36. The van der Waals surface area contributed by atoms with E-state index in [2.05, 4.69) is 0 Å². The van der Waals surface area contributed by atoms with Gasteiger partial charge < -0.3 is 15.5 Å². The zero-order valence-corrected chi connectivity index (χ0v) is 17.2. The standard InChI is InChI=1S/C21H30FN3O2.ClH/c22-18-7-4-6-17(14-18)20(27)25-11-5-10-24(12-13-25)19(26)15-21(16-23)8-2-1-3-9-21;/h4,6-7,14H,1-3,5,8-13,15-16,23H2;1H. The lowest BCUT2D eigenvalue weighted by Gasteiger charge is -2.37. The number of benzene rings is 1. The third kappa shape index (κ3) is 5.45. The Hall–Kier alpha value is -1.66. The van der Waals surface area contributed by atoms with E-state index >= 15 is 0 Å². The van der Waals surface area contributed by atoms with Gasteiger partial charge in [-0.3, -0.25) is 9.59 Å². The molecule has 2 aliphatic rings. The summed E-state index contributed by atoms with van der Waals surface area (Å²) in [6.07, 6.45) is 6.86. The maximum atomic E-state index is 13.4. The molecule has 0 unspecified atom stereocenters. The first kappa shape index (κ1) is 22.6. The molecule has 1 aromatic rings. The second-order valence-electron chi connectivity index (χ2n) is 7.98. The van der Waals surface area contributed by atoms with Gasteiger partial charge in [-0.25, -0.2) is 4.39 Å². The minimum atomic E-state index is -0.410. The third-order valence-electron chi connectivity index (χ3n) is 6.08.